The van der Waals surface area contributed by atoms with E-state index < -0.39 is 7.14 Å². The van der Waals surface area contributed by atoms with Crippen LogP contribution in [0.15, 0.2) is 0 Å². The third-order valence-electron chi connectivity index (χ3n) is 0. The molecule has 32 valence electrons. The summed E-state index contributed by atoms with van der Waals surface area (Å²) in [4.78, 5) is 18.2. The van der Waals surface area contributed by atoms with Gasteiger partial charge < -0.3 is 14.4 Å². The van der Waals surface area contributed by atoms with Gasteiger partial charge in [0.25, 0.3) is 0 Å². The molecule has 0 rings (SSSR count). The molecule has 0 bridgehead atoms. The van der Waals surface area contributed by atoms with Crippen molar-refractivity contribution in [2.24, 2.45) is 0 Å². The summed E-state index contributed by atoms with van der Waals surface area (Å²) in [6.45, 7) is 0. The molecule has 0 unspecified atom stereocenters. The first-order valence-corrected chi connectivity index (χ1v) is 4.49. The Hall–Kier alpha value is 2.63. The van der Waals surface area contributed by atoms with Crippen molar-refractivity contribution in [1.29, 1.82) is 0 Å². The Bertz CT molecular complexity index is 61.1. The van der Waals surface area contributed by atoms with Crippen LogP contribution in [-0.2, 0) is 4.57 Å². The van der Waals surface area contributed by atoms with E-state index in [1.165, 1.54) is 0 Å². The number of rotatable bonds is 0. The molecule has 0 radical (unpaired) electrons. The van der Waals surface area contributed by atoms with Crippen molar-refractivity contribution in [3.63, 3.8) is 0 Å². The summed E-state index contributed by atoms with van der Waals surface area (Å²) in [6.07, 6.45) is 0. The molecule has 0 aromatic heterocycles. The Morgan fingerprint density at radius 2 is 1.43 bits per heavy atom. The summed E-state index contributed by atoms with van der Waals surface area (Å²) in [5.41, 5.74) is 0. The van der Waals surface area contributed by atoms with Crippen LogP contribution in [0.1, 0.15) is 0 Å². The van der Waals surface area contributed by atoms with E-state index in [1.807, 2.05) is 0 Å². The quantitative estimate of drug-likeness (QED) is 0.270. The summed E-state index contributed by atoms with van der Waals surface area (Å²) in [5.74, 6) is 0. The van der Waals surface area contributed by atoms with E-state index in [1.54, 1.807) is 0 Å². The minimum Gasteiger partial charge on any atom is -0.838 e. The summed E-state index contributed by atoms with van der Waals surface area (Å²) in [5, 5.41) is 0. The largest absolute Gasteiger partial charge is 2.00 e. The molecule has 0 heterocycles. The van der Waals surface area contributed by atoms with E-state index >= 15 is 0 Å². The minimum absolute atomic E-state index is 0. The van der Waals surface area contributed by atoms with Gasteiger partial charge in [-0.1, -0.05) is 0 Å². The standard InChI is InChI=1S/Ca.Na.H4O3PSi/c;;1-4(2,3)5/h;;5H2,(H2,1,2,3)/q+2;+1;-1/p-2. The molecular formula is H2CaNaO3PSi. The first-order chi connectivity index (χ1) is 2.00. The number of hydrogen-bond donors (Lipinski definition) is 0. The fourth-order valence-corrected chi connectivity index (χ4v) is 0. The zero-order chi connectivity index (χ0) is 4.50. The molecule has 0 aromatic carbocycles. The van der Waals surface area contributed by atoms with Gasteiger partial charge in [-0.15, -0.1) is 0 Å². The molecule has 0 atom stereocenters. The molecule has 0 aliphatic carbocycles. The van der Waals surface area contributed by atoms with Gasteiger partial charge in [-0.3, -0.25) is 9.91 Å². The maximum Gasteiger partial charge on any atom is 2.00 e. The summed E-state index contributed by atoms with van der Waals surface area (Å²) >= 11 is 0. The Balaban J connectivity index is -0.0000000800. The third kappa shape index (κ3) is 54.9. The Morgan fingerprint density at radius 1 is 1.43 bits per heavy atom. The molecule has 7 heteroatoms. The maximum absolute atomic E-state index is 9.12. The third-order valence-corrected chi connectivity index (χ3v) is 0. The van der Waals surface area contributed by atoms with E-state index in [-0.39, 0.29) is 67.3 Å². The molecule has 0 saturated heterocycles. The van der Waals surface area contributed by atoms with Gasteiger partial charge >= 0.3 is 67.3 Å². The van der Waals surface area contributed by atoms with Crippen LogP contribution in [0.5, 0.6) is 0 Å². The fraction of sp³-hybridized carbons (Fsp3) is 0. The maximum atomic E-state index is 9.12. The Labute approximate surface area is 97.0 Å². The second-order valence-electron chi connectivity index (χ2n) is 0.611. The van der Waals surface area contributed by atoms with Crippen LogP contribution in [0.25, 0.3) is 0 Å². The van der Waals surface area contributed by atoms with Crippen molar-refractivity contribution in [1.82, 2.24) is 0 Å². The van der Waals surface area contributed by atoms with Gasteiger partial charge in [0.05, 0.1) is 0 Å². The monoisotopic (exact) mass is 172 g/mol. The molecule has 0 fully saturated rings. The van der Waals surface area contributed by atoms with Gasteiger partial charge in [-0.25, -0.2) is 7.14 Å². The molecule has 0 aliphatic heterocycles. The van der Waals surface area contributed by atoms with Gasteiger partial charge in [0.1, 0.15) is 0 Å². The van der Waals surface area contributed by atoms with Crippen molar-refractivity contribution >= 4 is 54.8 Å². The minimum atomic E-state index is -4.11. The molecule has 0 aromatic rings. The average Bonchev–Trinajstić information content (AvgIpc) is 0.722. The Morgan fingerprint density at radius 3 is 1.43 bits per heavy atom. The number of hydrogen-bond acceptors (Lipinski definition) is 3. The zero-order valence-corrected chi connectivity index (χ0v) is 10.6. The van der Waals surface area contributed by atoms with Gasteiger partial charge in [0.2, 0.25) is 0 Å². The van der Waals surface area contributed by atoms with Gasteiger partial charge in [-0.05, 0) is 0 Å². The van der Waals surface area contributed by atoms with Crippen molar-refractivity contribution < 1.29 is 43.9 Å². The van der Waals surface area contributed by atoms with E-state index in [0.717, 1.165) is 0 Å². The van der Waals surface area contributed by atoms with E-state index in [9.17, 15) is 0 Å². The van der Waals surface area contributed by atoms with Gasteiger partial charge in [0.15, 0.2) is 0 Å². The predicted molar refractivity (Wildman–Crippen MR) is 21.9 cm³/mol. The normalized spacial score (nSPS) is 8.43. The second kappa shape index (κ2) is 6.74. The molecule has 0 spiro atoms. The second-order valence-corrected chi connectivity index (χ2v) is 4.16. The van der Waals surface area contributed by atoms with Gasteiger partial charge in [-0.2, -0.15) is 0 Å². The summed E-state index contributed by atoms with van der Waals surface area (Å²) < 4.78 is 9.12. The molecule has 3 nitrogen and oxygen atoms in total. The average molecular weight is 172 g/mol. The molecule has 0 N–H and O–H groups in total. The fourth-order valence-electron chi connectivity index (χ4n) is 0. The molecular weight excluding hydrogens is 170 g/mol. The smallest absolute Gasteiger partial charge is 0.838 e. The summed E-state index contributed by atoms with van der Waals surface area (Å²) in [6, 6.07) is 0. The zero-order valence-electron chi connectivity index (χ0n) is 4.09. The van der Waals surface area contributed by atoms with E-state index in [0.29, 0.717) is 9.91 Å². The van der Waals surface area contributed by atoms with Crippen LogP contribution in [-0.4, -0.2) is 47.6 Å². The SMILES string of the molecule is O=P([O-])([O-])[SiH2-].[Ca+2].[Na+]. The predicted octanol–water partition coefficient (Wildman–Crippen LogP) is -5.93. The summed E-state index contributed by atoms with van der Waals surface area (Å²) in [7, 11) is -3.66. The van der Waals surface area contributed by atoms with Crippen LogP contribution >= 0.6 is 7.14 Å². The van der Waals surface area contributed by atoms with E-state index in [2.05, 4.69) is 0 Å². The van der Waals surface area contributed by atoms with Crippen molar-refractivity contribution in [2.75, 3.05) is 0 Å². The first kappa shape index (κ1) is 16.3. The van der Waals surface area contributed by atoms with E-state index in [4.69, 9.17) is 14.4 Å². The van der Waals surface area contributed by atoms with Crippen LogP contribution < -0.4 is 39.3 Å². The van der Waals surface area contributed by atoms with Crippen molar-refractivity contribution in [3.05, 3.63) is 0 Å². The molecule has 0 saturated carbocycles. The van der Waals surface area contributed by atoms with Crippen molar-refractivity contribution in [3.8, 4) is 0 Å². The Kier molecular flexibility index (Phi) is 15.7. The van der Waals surface area contributed by atoms with Crippen LogP contribution in [0.2, 0.25) is 0 Å². The van der Waals surface area contributed by atoms with Crippen LogP contribution in [0.4, 0.5) is 0 Å². The van der Waals surface area contributed by atoms with Crippen LogP contribution in [0, 0.1) is 0 Å². The van der Waals surface area contributed by atoms with Gasteiger partial charge in [0, 0.05) is 0 Å². The first-order valence-electron chi connectivity index (χ1n) is 0.864. The molecule has 0 aliphatic rings. The van der Waals surface area contributed by atoms with Crippen molar-refractivity contribution in [2.45, 2.75) is 0 Å². The molecule has 0 amide bonds. The topological polar surface area (TPSA) is 63.2 Å². The van der Waals surface area contributed by atoms with Crippen LogP contribution in [0.3, 0.4) is 0 Å². The molecule has 7 heavy (non-hydrogen) atoms.